The van der Waals surface area contributed by atoms with Crippen LogP contribution in [0.15, 0.2) is 18.2 Å². The number of carbonyl (C=O) groups is 1. The quantitative estimate of drug-likeness (QED) is 0.679. The summed E-state index contributed by atoms with van der Waals surface area (Å²) in [7, 11) is 0. The second-order valence-electron chi connectivity index (χ2n) is 8.18. The van der Waals surface area contributed by atoms with Gasteiger partial charge in [-0.1, -0.05) is 34.1 Å². The maximum Gasteiger partial charge on any atom is 0.256 e. The van der Waals surface area contributed by atoms with Crippen LogP contribution < -0.4 is 10.1 Å². The molecule has 4 nitrogen and oxygen atoms in total. The molecule has 2 unspecified atom stereocenters. The Balaban J connectivity index is 2.09. The van der Waals surface area contributed by atoms with Gasteiger partial charge in [0.15, 0.2) is 0 Å². The number of rotatable bonds is 8. The number of hydrogen-bond donors (Lipinski definition) is 1. The van der Waals surface area contributed by atoms with Gasteiger partial charge in [-0.15, -0.1) is 0 Å². The summed E-state index contributed by atoms with van der Waals surface area (Å²) in [5.74, 6) is 1.87. The third-order valence-electron chi connectivity index (χ3n) is 4.96. The fourth-order valence-electron chi connectivity index (χ4n) is 3.59. The van der Waals surface area contributed by atoms with E-state index >= 15 is 0 Å². The van der Waals surface area contributed by atoms with Crippen LogP contribution in [0.2, 0.25) is 0 Å². The van der Waals surface area contributed by atoms with Gasteiger partial charge in [0.05, 0.1) is 6.61 Å². The minimum Gasteiger partial charge on any atom is -0.493 e. The van der Waals surface area contributed by atoms with Gasteiger partial charge in [-0.05, 0) is 68.2 Å². The van der Waals surface area contributed by atoms with Crippen molar-refractivity contribution in [2.24, 2.45) is 11.8 Å². The molecule has 0 radical (unpaired) electrons. The van der Waals surface area contributed by atoms with Gasteiger partial charge >= 0.3 is 0 Å². The van der Waals surface area contributed by atoms with E-state index in [0.717, 1.165) is 42.7 Å². The second kappa shape index (κ2) is 9.40. The molecule has 0 spiro atoms. The van der Waals surface area contributed by atoms with Crippen molar-refractivity contribution < 1.29 is 14.3 Å². The van der Waals surface area contributed by atoms with Crippen LogP contribution in [-0.2, 0) is 9.53 Å². The van der Waals surface area contributed by atoms with E-state index in [2.05, 4.69) is 33.0 Å². The Morgan fingerprint density at radius 2 is 2.15 bits per heavy atom. The highest BCUT2D eigenvalue weighted by atomic mass is 16.5. The minimum absolute atomic E-state index is 0.00671. The topological polar surface area (TPSA) is 47.6 Å². The van der Waals surface area contributed by atoms with E-state index < -0.39 is 5.60 Å². The van der Waals surface area contributed by atoms with E-state index in [9.17, 15) is 4.79 Å². The van der Waals surface area contributed by atoms with Gasteiger partial charge < -0.3 is 14.8 Å². The number of carbonyl (C=O) groups excluding carboxylic acids is 1. The van der Waals surface area contributed by atoms with Crippen molar-refractivity contribution in [2.45, 2.75) is 72.3 Å². The Bertz CT molecular complexity index is 599. The third-order valence-corrected chi connectivity index (χ3v) is 4.96. The molecule has 4 heteroatoms. The van der Waals surface area contributed by atoms with Crippen LogP contribution in [0.25, 0.3) is 0 Å². The summed E-state index contributed by atoms with van der Waals surface area (Å²) in [5, 5.41) is 3.10. The average Bonchev–Trinajstić information content (AvgIpc) is 2.59. The zero-order valence-electron chi connectivity index (χ0n) is 17.1. The molecule has 1 N–H and O–H groups in total. The normalized spacial score (nSPS) is 23.1. The molecule has 2 rings (SSSR count). The van der Waals surface area contributed by atoms with Crippen LogP contribution in [0.4, 0.5) is 5.69 Å². The van der Waals surface area contributed by atoms with E-state index in [-0.39, 0.29) is 5.91 Å². The number of hydrogen-bond acceptors (Lipinski definition) is 3. The molecule has 26 heavy (non-hydrogen) atoms. The summed E-state index contributed by atoms with van der Waals surface area (Å²) < 4.78 is 11.9. The number of anilines is 1. The number of amides is 1. The molecule has 0 aromatic heterocycles. The lowest BCUT2D eigenvalue weighted by atomic mass is 9.78. The van der Waals surface area contributed by atoms with Crippen LogP contribution in [0.1, 0.15) is 65.4 Å². The summed E-state index contributed by atoms with van der Waals surface area (Å²) in [6.07, 6.45) is 4.74. The lowest BCUT2D eigenvalue weighted by Gasteiger charge is -2.38. The molecule has 0 bridgehead atoms. The Kier molecular flexibility index (Phi) is 7.51. The molecule has 2 atom stereocenters. The zero-order chi connectivity index (χ0) is 19.2. The first-order chi connectivity index (χ1) is 12.4. The highest BCUT2D eigenvalue weighted by Crippen LogP contribution is 2.36. The maximum absolute atomic E-state index is 13.1. The molecule has 1 aliphatic carbocycles. The monoisotopic (exact) mass is 361 g/mol. The zero-order valence-corrected chi connectivity index (χ0v) is 17.1. The van der Waals surface area contributed by atoms with Crippen LogP contribution in [0.5, 0.6) is 5.75 Å². The van der Waals surface area contributed by atoms with Gasteiger partial charge in [0.25, 0.3) is 5.91 Å². The Morgan fingerprint density at radius 3 is 2.77 bits per heavy atom. The number of benzene rings is 1. The van der Waals surface area contributed by atoms with Crippen LogP contribution >= 0.6 is 0 Å². The van der Waals surface area contributed by atoms with E-state index in [1.54, 1.807) is 0 Å². The lowest BCUT2D eigenvalue weighted by Crippen LogP contribution is -2.48. The summed E-state index contributed by atoms with van der Waals surface area (Å²) >= 11 is 0. The van der Waals surface area contributed by atoms with Crippen molar-refractivity contribution in [3.63, 3.8) is 0 Å². The van der Waals surface area contributed by atoms with E-state index in [4.69, 9.17) is 9.47 Å². The second-order valence-corrected chi connectivity index (χ2v) is 8.18. The summed E-state index contributed by atoms with van der Waals surface area (Å²) in [5.41, 5.74) is 1.15. The highest BCUT2D eigenvalue weighted by molar-refractivity contribution is 5.97. The summed E-state index contributed by atoms with van der Waals surface area (Å²) in [6.45, 7) is 11.9. The predicted octanol–water partition coefficient (Wildman–Crippen LogP) is 5.34. The standard InChI is InChI=1S/C22H35NO3/c1-6-12-26-22(11-7-8-17(4)14-22)21(24)23-19-9-10-20(18(5)13-19)25-15-16(2)3/h9-10,13,16-17H,6-8,11-12,14-15H2,1-5H3,(H,23,24). The molecular weight excluding hydrogens is 326 g/mol. The van der Waals surface area contributed by atoms with Gasteiger partial charge in [-0.25, -0.2) is 0 Å². The first-order valence-corrected chi connectivity index (χ1v) is 10.0. The minimum atomic E-state index is -0.686. The molecule has 1 aromatic carbocycles. The lowest BCUT2D eigenvalue weighted by molar-refractivity contribution is -0.148. The van der Waals surface area contributed by atoms with Crippen molar-refractivity contribution in [2.75, 3.05) is 18.5 Å². The summed E-state index contributed by atoms with van der Waals surface area (Å²) in [4.78, 5) is 13.1. The molecule has 0 aliphatic heterocycles. The number of aryl methyl sites for hydroxylation is 1. The first kappa shape index (κ1) is 20.8. The first-order valence-electron chi connectivity index (χ1n) is 10.0. The Morgan fingerprint density at radius 1 is 1.38 bits per heavy atom. The van der Waals surface area contributed by atoms with E-state index in [0.29, 0.717) is 25.0 Å². The van der Waals surface area contributed by atoms with Gasteiger partial charge in [-0.3, -0.25) is 4.79 Å². The van der Waals surface area contributed by atoms with Crippen molar-refractivity contribution in [1.82, 2.24) is 0 Å². The van der Waals surface area contributed by atoms with Crippen LogP contribution in [-0.4, -0.2) is 24.7 Å². The molecule has 1 amide bonds. The van der Waals surface area contributed by atoms with E-state index in [1.165, 1.54) is 6.42 Å². The maximum atomic E-state index is 13.1. The van der Waals surface area contributed by atoms with Crippen molar-refractivity contribution in [3.05, 3.63) is 23.8 Å². The summed E-state index contributed by atoms with van der Waals surface area (Å²) in [6, 6.07) is 5.84. The molecule has 0 heterocycles. The fraction of sp³-hybridized carbons (Fsp3) is 0.682. The Labute approximate surface area is 158 Å². The van der Waals surface area contributed by atoms with E-state index in [1.807, 2.05) is 25.1 Å². The van der Waals surface area contributed by atoms with Gasteiger partial charge in [0.2, 0.25) is 0 Å². The van der Waals surface area contributed by atoms with Crippen LogP contribution in [0.3, 0.4) is 0 Å². The van der Waals surface area contributed by atoms with Crippen molar-refractivity contribution >= 4 is 11.6 Å². The average molecular weight is 362 g/mol. The molecule has 0 saturated heterocycles. The molecule has 1 fully saturated rings. The molecular formula is C22H35NO3. The van der Waals surface area contributed by atoms with Gasteiger partial charge in [0, 0.05) is 12.3 Å². The van der Waals surface area contributed by atoms with Crippen LogP contribution in [0, 0.1) is 18.8 Å². The fourth-order valence-corrected chi connectivity index (χ4v) is 3.59. The molecule has 1 aliphatic rings. The Hall–Kier alpha value is -1.55. The van der Waals surface area contributed by atoms with Crippen molar-refractivity contribution in [1.29, 1.82) is 0 Å². The van der Waals surface area contributed by atoms with Crippen molar-refractivity contribution in [3.8, 4) is 5.75 Å². The smallest absolute Gasteiger partial charge is 0.256 e. The third kappa shape index (κ3) is 5.47. The molecule has 1 saturated carbocycles. The largest absolute Gasteiger partial charge is 0.493 e. The van der Waals surface area contributed by atoms with Gasteiger partial charge in [0.1, 0.15) is 11.4 Å². The molecule has 146 valence electrons. The number of ether oxygens (including phenoxy) is 2. The predicted molar refractivity (Wildman–Crippen MR) is 107 cm³/mol. The van der Waals surface area contributed by atoms with Gasteiger partial charge in [-0.2, -0.15) is 0 Å². The highest BCUT2D eigenvalue weighted by Gasteiger charge is 2.42. The SMILES string of the molecule is CCCOC1(C(=O)Nc2ccc(OCC(C)C)c(C)c2)CCCC(C)C1. The molecule has 1 aromatic rings. The number of nitrogens with one attached hydrogen (secondary N) is 1.